The number of hydrogen-bond donors (Lipinski definition) is 1. The Kier molecular flexibility index (Phi) is 10.1. The lowest BCUT2D eigenvalue weighted by Gasteiger charge is -2.34. The number of hydrogen-bond acceptors (Lipinski definition) is 4. The summed E-state index contributed by atoms with van der Waals surface area (Å²) >= 11 is 0. The molecular weight excluding hydrogens is 526 g/mol. The number of nitrogens with zero attached hydrogens (tertiary/aromatic N) is 3. The molecule has 0 saturated heterocycles. The Bertz CT molecular complexity index is 1370. The van der Waals surface area contributed by atoms with Crippen molar-refractivity contribution in [2.24, 2.45) is 0 Å². The highest BCUT2D eigenvalue weighted by Gasteiger charge is 2.35. The van der Waals surface area contributed by atoms with E-state index in [-0.39, 0.29) is 18.7 Å². The van der Waals surface area contributed by atoms with Crippen LogP contribution in [0, 0.1) is 11.6 Å². The predicted molar refractivity (Wildman–Crippen MR) is 146 cm³/mol. The predicted octanol–water partition coefficient (Wildman–Crippen LogP) is 3.35. The smallest absolute Gasteiger partial charge is 0.304 e. The summed E-state index contributed by atoms with van der Waals surface area (Å²) in [5, 5.41) is 2.75. The van der Waals surface area contributed by atoms with Crippen molar-refractivity contribution in [3.8, 4) is 0 Å². The summed E-state index contributed by atoms with van der Waals surface area (Å²) in [6.45, 7) is 1.17. The van der Waals surface area contributed by atoms with Gasteiger partial charge in [-0.3, -0.25) is 9.59 Å². The molecule has 208 valence electrons. The van der Waals surface area contributed by atoms with Gasteiger partial charge in [0.25, 0.3) is 0 Å². The number of rotatable bonds is 12. The van der Waals surface area contributed by atoms with Gasteiger partial charge in [-0.2, -0.15) is 12.7 Å². The standard InChI is InChI=1S/C28H32F2N4O4S/c1-4-31-28(36)26(18-21-10-6-5-7-11-21)33(19-22-14-16-23(29)17-15-22)27(35)20-34(39(37,38)32(2)3)25-13-9-8-12-24(25)30/h5-17,26H,4,18-20H2,1-3H3,(H,31,36)/t26-/m1/s1. The van der Waals surface area contributed by atoms with Gasteiger partial charge in [0, 0.05) is 33.6 Å². The summed E-state index contributed by atoms with van der Waals surface area (Å²) in [5.74, 6) is -2.47. The van der Waals surface area contributed by atoms with Crippen LogP contribution in [0.2, 0.25) is 0 Å². The molecule has 0 heterocycles. The number of anilines is 1. The van der Waals surface area contributed by atoms with E-state index in [1.807, 2.05) is 18.2 Å². The number of carbonyl (C=O) groups is 2. The van der Waals surface area contributed by atoms with Crippen molar-refractivity contribution >= 4 is 27.7 Å². The van der Waals surface area contributed by atoms with Crippen LogP contribution in [0.4, 0.5) is 14.5 Å². The van der Waals surface area contributed by atoms with Crippen LogP contribution < -0.4 is 9.62 Å². The van der Waals surface area contributed by atoms with E-state index < -0.39 is 46.2 Å². The highest BCUT2D eigenvalue weighted by molar-refractivity contribution is 7.90. The summed E-state index contributed by atoms with van der Waals surface area (Å²) in [6.07, 6.45) is 0.139. The van der Waals surface area contributed by atoms with Gasteiger partial charge < -0.3 is 10.2 Å². The third kappa shape index (κ3) is 7.61. The van der Waals surface area contributed by atoms with Crippen molar-refractivity contribution < 1.29 is 26.8 Å². The van der Waals surface area contributed by atoms with Gasteiger partial charge in [0.05, 0.1) is 5.69 Å². The zero-order valence-corrected chi connectivity index (χ0v) is 22.9. The Morgan fingerprint density at radius 1 is 0.872 bits per heavy atom. The SMILES string of the molecule is CCNC(=O)[C@@H](Cc1ccccc1)N(Cc1ccc(F)cc1)C(=O)CN(c1ccccc1F)S(=O)(=O)N(C)C. The minimum atomic E-state index is -4.31. The molecule has 0 aromatic heterocycles. The number of benzene rings is 3. The quantitative estimate of drug-likeness (QED) is 0.369. The number of halogens is 2. The summed E-state index contributed by atoms with van der Waals surface area (Å²) in [5.41, 5.74) is 0.997. The molecule has 0 radical (unpaired) electrons. The van der Waals surface area contributed by atoms with E-state index in [9.17, 15) is 26.8 Å². The second kappa shape index (κ2) is 13.3. The molecule has 0 aliphatic rings. The Labute approximate surface area is 228 Å². The summed E-state index contributed by atoms with van der Waals surface area (Å²) in [7, 11) is -1.76. The molecule has 1 atom stereocenters. The fourth-order valence-electron chi connectivity index (χ4n) is 3.99. The maximum Gasteiger partial charge on any atom is 0.304 e. The van der Waals surface area contributed by atoms with Gasteiger partial charge in [0.2, 0.25) is 11.8 Å². The summed E-state index contributed by atoms with van der Waals surface area (Å²) < 4.78 is 56.4. The molecule has 39 heavy (non-hydrogen) atoms. The molecule has 0 aliphatic carbocycles. The van der Waals surface area contributed by atoms with Gasteiger partial charge in [-0.25, -0.2) is 13.1 Å². The minimum Gasteiger partial charge on any atom is -0.355 e. The van der Waals surface area contributed by atoms with Crippen molar-refractivity contribution in [3.63, 3.8) is 0 Å². The van der Waals surface area contributed by atoms with Crippen LogP contribution in [0.3, 0.4) is 0 Å². The molecule has 1 N–H and O–H groups in total. The van der Waals surface area contributed by atoms with E-state index >= 15 is 0 Å². The lowest BCUT2D eigenvalue weighted by atomic mass is 10.0. The summed E-state index contributed by atoms with van der Waals surface area (Å²) in [4.78, 5) is 28.5. The number of nitrogens with one attached hydrogen (secondary N) is 1. The Balaban J connectivity index is 2.08. The average Bonchev–Trinajstić information content (AvgIpc) is 2.91. The van der Waals surface area contributed by atoms with Crippen LogP contribution >= 0.6 is 0 Å². The highest BCUT2D eigenvalue weighted by Crippen LogP contribution is 2.24. The van der Waals surface area contributed by atoms with Crippen molar-refractivity contribution in [1.82, 2.24) is 14.5 Å². The molecule has 0 aliphatic heterocycles. The Morgan fingerprint density at radius 3 is 2.08 bits per heavy atom. The Morgan fingerprint density at radius 2 is 1.49 bits per heavy atom. The number of likely N-dealkylation sites (N-methyl/N-ethyl adjacent to an activating group) is 1. The third-order valence-corrected chi connectivity index (χ3v) is 7.83. The van der Waals surface area contributed by atoms with E-state index in [0.717, 1.165) is 15.9 Å². The van der Waals surface area contributed by atoms with E-state index in [1.165, 1.54) is 61.5 Å². The fourth-order valence-corrected chi connectivity index (χ4v) is 5.05. The molecule has 0 unspecified atom stereocenters. The van der Waals surface area contributed by atoms with Gasteiger partial charge >= 0.3 is 10.2 Å². The van der Waals surface area contributed by atoms with Crippen LogP contribution in [-0.2, 0) is 32.8 Å². The van der Waals surface area contributed by atoms with Crippen molar-refractivity contribution in [2.75, 3.05) is 31.5 Å². The van der Waals surface area contributed by atoms with Gasteiger partial charge in [-0.1, -0.05) is 54.6 Å². The normalized spacial score (nSPS) is 12.2. The molecule has 0 fully saturated rings. The largest absolute Gasteiger partial charge is 0.355 e. The maximum atomic E-state index is 14.8. The van der Waals surface area contributed by atoms with Crippen molar-refractivity contribution in [1.29, 1.82) is 0 Å². The Hall–Kier alpha value is -3.83. The molecule has 8 nitrogen and oxygen atoms in total. The minimum absolute atomic E-state index is 0.110. The van der Waals surface area contributed by atoms with Crippen LogP contribution in [-0.4, -0.2) is 62.7 Å². The molecule has 0 spiro atoms. The van der Waals surface area contributed by atoms with E-state index in [2.05, 4.69) is 5.32 Å². The average molecular weight is 559 g/mol. The zero-order chi connectivity index (χ0) is 28.6. The number of para-hydroxylation sites is 1. The first-order chi connectivity index (χ1) is 18.5. The van der Waals surface area contributed by atoms with Crippen LogP contribution in [0.1, 0.15) is 18.1 Å². The lowest BCUT2D eigenvalue weighted by molar-refractivity contribution is -0.140. The molecule has 11 heteroatoms. The maximum absolute atomic E-state index is 14.8. The monoisotopic (exact) mass is 558 g/mol. The van der Waals surface area contributed by atoms with Crippen LogP contribution in [0.15, 0.2) is 78.9 Å². The molecule has 2 amide bonds. The molecule has 3 aromatic carbocycles. The first-order valence-electron chi connectivity index (χ1n) is 12.3. The topological polar surface area (TPSA) is 90.0 Å². The molecule has 0 bridgehead atoms. The van der Waals surface area contributed by atoms with Gasteiger partial charge in [0.15, 0.2) is 0 Å². The van der Waals surface area contributed by atoms with Crippen molar-refractivity contribution in [3.05, 3.63) is 102 Å². The third-order valence-electron chi connectivity index (χ3n) is 6.03. The first kappa shape index (κ1) is 29.7. The second-order valence-electron chi connectivity index (χ2n) is 9.00. The molecule has 3 rings (SSSR count). The van der Waals surface area contributed by atoms with Crippen LogP contribution in [0.5, 0.6) is 0 Å². The zero-order valence-electron chi connectivity index (χ0n) is 22.1. The van der Waals surface area contributed by atoms with E-state index in [1.54, 1.807) is 19.1 Å². The van der Waals surface area contributed by atoms with Crippen molar-refractivity contribution in [2.45, 2.75) is 25.9 Å². The molecule has 0 saturated carbocycles. The second-order valence-corrected chi connectivity index (χ2v) is 11.1. The molecular formula is C28H32F2N4O4S. The molecule has 3 aromatic rings. The summed E-state index contributed by atoms with van der Waals surface area (Å²) in [6, 6.07) is 18.7. The number of amides is 2. The van der Waals surface area contributed by atoms with Gasteiger partial charge in [-0.15, -0.1) is 0 Å². The van der Waals surface area contributed by atoms with Crippen LogP contribution in [0.25, 0.3) is 0 Å². The fraction of sp³-hybridized carbons (Fsp3) is 0.286. The van der Waals surface area contributed by atoms with E-state index in [0.29, 0.717) is 16.4 Å². The van der Waals surface area contributed by atoms with Gasteiger partial charge in [0.1, 0.15) is 24.2 Å². The van der Waals surface area contributed by atoms with E-state index in [4.69, 9.17) is 0 Å². The first-order valence-corrected chi connectivity index (χ1v) is 13.7. The highest BCUT2D eigenvalue weighted by atomic mass is 32.2. The number of carbonyl (C=O) groups excluding carboxylic acids is 2. The van der Waals surface area contributed by atoms with Gasteiger partial charge in [-0.05, 0) is 42.3 Å². The lowest BCUT2D eigenvalue weighted by Crippen LogP contribution is -2.54.